The molecule has 0 unspecified atom stereocenters. The first-order chi connectivity index (χ1) is 14.2. The van der Waals surface area contributed by atoms with Crippen molar-refractivity contribution < 1.29 is 9.15 Å². The quantitative estimate of drug-likeness (QED) is 0.447. The molecule has 2 N–H and O–H groups in total. The molecule has 3 aromatic rings. The van der Waals surface area contributed by atoms with E-state index in [1.165, 1.54) is 16.7 Å². The molecule has 3 rings (SSSR count). The number of aliphatic imine (C=N–C) groups is 1. The number of ether oxygens (including phenoxy) is 1. The van der Waals surface area contributed by atoms with Crippen molar-refractivity contribution in [1.82, 2.24) is 15.6 Å². The summed E-state index contributed by atoms with van der Waals surface area (Å²) < 4.78 is 11.2. The summed E-state index contributed by atoms with van der Waals surface area (Å²) in [7, 11) is 1.75. The predicted octanol–water partition coefficient (Wildman–Crippen LogP) is 4.05. The van der Waals surface area contributed by atoms with Crippen LogP contribution in [-0.2, 0) is 24.4 Å². The smallest absolute Gasteiger partial charge is 0.226 e. The van der Waals surface area contributed by atoms with Crippen LogP contribution in [0, 0.1) is 6.92 Å². The standard InChI is InChI=1S/C23H28N4O2/c1-4-28-15-20-8-6-5-7-19(20)13-25-23(24-3)26-14-21-16-29-22(27-21)18-11-9-17(2)10-12-18/h5-12,16H,4,13-15H2,1-3H3,(H2,24,25,26). The summed E-state index contributed by atoms with van der Waals surface area (Å²) in [4.78, 5) is 8.84. The van der Waals surface area contributed by atoms with Gasteiger partial charge in [0.2, 0.25) is 5.89 Å². The number of hydrogen-bond acceptors (Lipinski definition) is 4. The van der Waals surface area contributed by atoms with Crippen LogP contribution in [0.15, 0.2) is 64.2 Å². The highest BCUT2D eigenvalue weighted by atomic mass is 16.5. The maximum atomic E-state index is 5.61. The van der Waals surface area contributed by atoms with Crippen LogP contribution >= 0.6 is 0 Å². The molecule has 1 aromatic heterocycles. The van der Waals surface area contributed by atoms with Gasteiger partial charge in [-0.05, 0) is 37.1 Å². The van der Waals surface area contributed by atoms with E-state index < -0.39 is 0 Å². The molecule has 1 heterocycles. The maximum Gasteiger partial charge on any atom is 0.226 e. The van der Waals surface area contributed by atoms with Crippen LogP contribution in [0.3, 0.4) is 0 Å². The third-order valence-electron chi connectivity index (χ3n) is 4.54. The van der Waals surface area contributed by atoms with Crippen LogP contribution in [0.5, 0.6) is 0 Å². The monoisotopic (exact) mass is 392 g/mol. The Balaban J connectivity index is 1.54. The highest BCUT2D eigenvalue weighted by Gasteiger charge is 2.08. The molecule has 6 nitrogen and oxygen atoms in total. The van der Waals surface area contributed by atoms with Crippen LogP contribution in [0.4, 0.5) is 0 Å². The molecule has 152 valence electrons. The molecule has 0 radical (unpaired) electrons. The van der Waals surface area contributed by atoms with E-state index in [4.69, 9.17) is 9.15 Å². The average Bonchev–Trinajstić information content (AvgIpc) is 3.22. The van der Waals surface area contributed by atoms with E-state index in [-0.39, 0.29) is 0 Å². The van der Waals surface area contributed by atoms with E-state index in [0.717, 1.165) is 11.3 Å². The molecule has 0 spiro atoms. The van der Waals surface area contributed by atoms with Crippen molar-refractivity contribution in [3.05, 3.63) is 77.2 Å². The van der Waals surface area contributed by atoms with Gasteiger partial charge in [0, 0.05) is 25.8 Å². The van der Waals surface area contributed by atoms with E-state index >= 15 is 0 Å². The summed E-state index contributed by atoms with van der Waals surface area (Å²) in [5.74, 6) is 1.32. The fraction of sp³-hybridized carbons (Fsp3) is 0.304. The molecule has 0 amide bonds. The van der Waals surface area contributed by atoms with Gasteiger partial charge < -0.3 is 19.8 Å². The number of benzene rings is 2. The Morgan fingerprint density at radius 3 is 2.48 bits per heavy atom. The van der Waals surface area contributed by atoms with E-state index in [1.54, 1.807) is 13.3 Å². The molecule has 0 aliphatic carbocycles. The van der Waals surface area contributed by atoms with E-state index in [9.17, 15) is 0 Å². The average molecular weight is 393 g/mol. The molecular formula is C23H28N4O2. The van der Waals surface area contributed by atoms with Gasteiger partial charge in [-0.25, -0.2) is 4.98 Å². The SMILES string of the molecule is CCOCc1ccccc1CNC(=NC)NCc1coc(-c2ccc(C)cc2)n1. The maximum absolute atomic E-state index is 5.61. The number of nitrogens with one attached hydrogen (secondary N) is 2. The topological polar surface area (TPSA) is 71.7 Å². The summed E-state index contributed by atoms with van der Waals surface area (Å²) in [5, 5.41) is 6.62. The molecule has 0 saturated heterocycles. The Morgan fingerprint density at radius 2 is 1.76 bits per heavy atom. The lowest BCUT2D eigenvalue weighted by molar-refractivity contribution is 0.133. The number of nitrogens with zero attached hydrogens (tertiary/aromatic N) is 2. The number of oxazole rings is 1. The molecule has 0 bridgehead atoms. The van der Waals surface area contributed by atoms with Gasteiger partial charge in [0.15, 0.2) is 5.96 Å². The van der Waals surface area contributed by atoms with Crippen molar-refractivity contribution in [3.8, 4) is 11.5 Å². The van der Waals surface area contributed by atoms with Crippen LogP contribution in [-0.4, -0.2) is 24.6 Å². The van der Waals surface area contributed by atoms with Crippen molar-refractivity contribution in [1.29, 1.82) is 0 Å². The zero-order valence-electron chi connectivity index (χ0n) is 17.2. The van der Waals surface area contributed by atoms with E-state index in [0.29, 0.717) is 38.2 Å². The first kappa shape index (κ1) is 20.6. The van der Waals surface area contributed by atoms with Crippen molar-refractivity contribution in [2.24, 2.45) is 4.99 Å². The summed E-state index contributed by atoms with van der Waals surface area (Å²) in [6.45, 7) is 6.56. The lowest BCUT2D eigenvalue weighted by Gasteiger charge is -2.13. The van der Waals surface area contributed by atoms with Crippen LogP contribution in [0.2, 0.25) is 0 Å². The van der Waals surface area contributed by atoms with Gasteiger partial charge in [0.25, 0.3) is 0 Å². The molecule has 29 heavy (non-hydrogen) atoms. The lowest BCUT2D eigenvalue weighted by Crippen LogP contribution is -2.36. The van der Waals surface area contributed by atoms with Crippen molar-refractivity contribution >= 4 is 5.96 Å². The zero-order chi connectivity index (χ0) is 20.5. The van der Waals surface area contributed by atoms with E-state index in [2.05, 4.69) is 39.7 Å². The number of aryl methyl sites for hydroxylation is 1. The number of rotatable bonds is 8. The van der Waals surface area contributed by atoms with Gasteiger partial charge in [-0.3, -0.25) is 4.99 Å². The van der Waals surface area contributed by atoms with E-state index in [1.807, 2.05) is 43.3 Å². The van der Waals surface area contributed by atoms with Crippen LogP contribution < -0.4 is 10.6 Å². The molecule has 6 heteroatoms. The fourth-order valence-corrected chi connectivity index (χ4v) is 2.87. The minimum absolute atomic E-state index is 0.523. The van der Waals surface area contributed by atoms with Crippen molar-refractivity contribution in [2.75, 3.05) is 13.7 Å². The Kier molecular flexibility index (Phi) is 7.41. The fourth-order valence-electron chi connectivity index (χ4n) is 2.87. The number of aromatic nitrogens is 1. The summed E-state index contributed by atoms with van der Waals surface area (Å²) in [6.07, 6.45) is 1.67. The van der Waals surface area contributed by atoms with Gasteiger partial charge in [-0.2, -0.15) is 0 Å². The largest absolute Gasteiger partial charge is 0.444 e. The Morgan fingerprint density at radius 1 is 1.03 bits per heavy atom. The minimum atomic E-state index is 0.523. The predicted molar refractivity (Wildman–Crippen MR) is 115 cm³/mol. The highest BCUT2D eigenvalue weighted by molar-refractivity contribution is 5.79. The molecule has 0 aliphatic rings. The lowest BCUT2D eigenvalue weighted by atomic mass is 10.1. The zero-order valence-corrected chi connectivity index (χ0v) is 17.2. The first-order valence-corrected chi connectivity index (χ1v) is 9.80. The summed E-state index contributed by atoms with van der Waals surface area (Å²) in [5.41, 5.74) is 5.36. The summed E-state index contributed by atoms with van der Waals surface area (Å²) >= 11 is 0. The first-order valence-electron chi connectivity index (χ1n) is 9.80. The third kappa shape index (κ3) is 5.93. The van der Waals surface area contributed by atoms with Gasteiger partial charge >= 0.3 is 0 Å². The minimum Gasteiger partial charge on any atom is -0.444 e. The molecular weight excluding hydrogens is 364 g/mol. The molecule has 0 fully saturated rings. The summed E-state index contributed by atoms with van der Waals surface area (Å²) in [6, 6.07) is 16.4. The second kappa shape index (κ2) is 10.4. The van der Waals surface area contributed by atoms with Crippen molar-refractivity contribution in [2.45, 2.75) is 33.5 Å². The molecule has 0 atom stereocenters. The third-order valence-corrected chi connectivity index (χ3v) is 4.54. The number of hydrogen-bond donors (Lipinski definition) is 2. The van der Waals surface area contributed by atoms with Gasteiger partial charge in [-0.1, -0.05) is 42.0 Å². The highest BCUT2D eigenvalue weighted by Crippen LogP contribution is 2.19. The second-order valence-electron chi connectivity index (χ2n) is 6.70. The van der Waals surface area contributed by atoms with Gasteiger partial charge in [0.05, 0.1) is 18.8 Å². The number of guanidine groups is 1. The van der Waals surface area contributed by atoms with Crippen LogP contribution in [0.25, 0.3) is 11.5 Å². The molecule has 0 saturated carbocycles. The Labute approximate surface area is 172 Å². The van der Waals surface area contributed by atoms with Gasteiger partial charge in [-0.15, -0.1) is 0 Å². The van der Waals surface area contributed by atoms with Gasteiger partial charge in [0.1, 0.15) is 6.26 Å². The second-order valence-corrected chi connectivity index (χ2v) is 6.70. The van der Waals surface area contributed by atoms with Crippen molar-refractivity contribution in [3.63, 3.8) is 0 Å². The molecule has 2 aromatic carbocycles. The Bertz CT molecular complexity index is 932. The Hall–Kier alpha value is -3.12. The van der Waals surface area contributed by atoms with Crippen LogP contribution in [0.1, 0.15) is 29.3 Å². The normalized spacial score (nSPS) is 11.5. The molecule has 0 aliphatic heterocycles.